The molecule has 0 spiro atoms. The van der Waals surface area contributed by atoms with Gasteiger partial charge in [0.25, 0.3) is 0 Å². The van der Waals surface area contributed by atoms with Gasteiger partial charge < -0.3 is 4.43 Å². The van der Waals surface area contributed by atoms with E-state index in [0.717, 1.165) is 6.42 Å². The number of hydrogen-bond acceptors (Lipinski definition) is 1. The van der Waals surface area contributed by atoms with E-state index in [4.69, 9.17) is 4.43 Å². The average Bonchev–Trinajstić information content (AvgIpc) is 2.12. The third kappa shape index (κ3) is 8.76. The quantitative estimate of drug-likeness (QED) is 0.317. The van der Waals surface area contributed by atoms with Crippen LogP contribution in [0.2, 0.25) is 19.6 Å². The highest BCUT2D eigenvalue weighted by Crippen LogP contribution is 2.28. The van der Waals surface area contributed by atoms with Gasteiger partial charge in [-0.05, 0) is 43.5 Å². The lowest BCUT2D eigenvalue weighted by molar-refractivity contribution is 0.0712. The molecule has 0 heterocycles. The Morgan fingerprint density at radius 3 is 2.31 bits per heavy atom. The van der Waals surface area contributed by atoms with Crippen molar-refractivity contribution in [2.24, 2.45) is 0 Å². The van der Waals surface area contributed by atoms with Crippen LogP contribution in [0.1, 0.15) is 46.0 Å². The van der Waals surface area contributed by atoms with Crippen molar-refractivity contribution in [1.82, 2.24) is 0 Å². The average molecular weight is 354 g/mol. The first-order valence-corrected chi connectivity index (χ1v) is 10.9. The minimum Gasteiger partial charge on any atom is -0.412 e. The Labute approximate surface area is 116 Å². The molecule has 1 atom stereocenters. The van der Waals surface area contributed by atoms with Gasteiger partial charge in [-0.1, -0.05) is 54.9 Å². The van der Waals surface area contributed by atoms with Crippen molar-refractivity contribution >= 4 is 30.9 Å². The second kappa shape index (κ2) is 7.87. The Morgan fingerprint density at radius 2 is 1.88 bits per heavy atom. The molecule has 0 radical (unpaired) electrons. The zero-order valence-electron chi connectivity index (χ0n) is 11.5. The molecule has 96 valence electrons. The van der Waals surface area contributed by atoms with Crippen LogP contribution < -0.4 is 0 Å². The second-order valence-corrected chi connectivity index (χ2v) is 10.8. The fraction of sp³-hybridized carbons (Fsp3) is 0.846. The molecule has 0 aromatic heterocycles. The van der Waals surface area contributed by atoms with Crippen molar-refractivity contribution in [3.05, 3.63) is 10.2 Å². The van der Waals surface area contributed by atoms with Crippen LogP contribution in [0.15, 0.2) is 10.2 Å². The van der Waals surface area contributed by atoms with Gasteiger partial charge in [-0.2, -0.15) is 0 Å². The van der Waals surface area contributed by atoms with E-state index in [1.165, 1.54) is 25.7 Å². The summed E-state index contributed by atoms with van der Waals surface area (Å²) >= 11 is 2.29. The van der Waals surface area contributed by atoms with E-state index in [9.17, 15) is 0 Å². The first kappa shape index (κ1) is 16.6. The van der Waals surface area contributed by atoms with E-state index in [2.05, 4.69) is 66.2 Å². The number of hydrogen-bond donors (Lipinski definition) is 0. The number of unbranched alkanes of at least 4 members (excludes halogenated alkanes) is 2. The van der Waals surface area contributed by atoms with Crippen LogP contribution in [0.4, 0.5) is 0 Å². The molecule has 0 aromatic rings. The smallest absolute Gasteiger partial charge is 0.184 e. The largest absolute Gasteiger partial charge is 0.412 e. The standard InChI is InChI=1S/C13H27IOSi/c1-6-7-8-10-13(2,11-9-12-14)15-16(3,4)5/h9,12H,6-8,10-11H2,1-5H3/b12-9+. The van der Waals surface area contributed by atoms with Crippen LogP contribution in [-0.2, 0) is 4.43 Å². The third-order valence-corrected chi connectivity index (χ3v) is 4.11. The van der Waals surface area contributed by atoms with Gasteiger partial charge in [-0.15, -0.1) is 0 Å². The van der Waals surface area contributed by atoms with Gasteiger partial charge in [-0.25, -0.2) is 0 Å². The first-order chi connectivity index (χ1) is 7.33. The summed E-state index contributed by atoms with van der Waals surface area (Å²) < 4.78 is 8.46. The van der Waals surface area contributed by atoms with Crippen molar-refractivity contribution in [1.29, 1.82) is 0 Å². The SMILES string of the molecule is CCCCCC(C)(C/C=C/I)O[Si](C)(C)C. The minimum atomic E-state index is -1.44. The number of halogens is 1. The summed E-state index contributed by atoms with van der Waals surface area (Å²) in [7, 11) is -1.44. The Hall–Kier alpha value is 0.647. The Balaban J connectivity index is 4.35. The molecule has 0 saturated heterocycles. The van der Waals surface area contributed by atoms with Crippen LogP contribution in [0.3, 0.4) is 0 Å². The molecule has 1 nitrogen and oxygen atoms in total. The lowest BCUT2D eigenvalue weighted by atomic mass is 9.95. The molecular formula is C13H27IOSi. The molecule has 0 rings (SSSR count). The predicted molar refractivity (Wildman–Crippen MR) is 84.8 cm³/mol. The van der Waals surface area contributed by atoms with Gasteiger partial charge in [-0.3, -0.25) is 0 Å². The molecule has 3 heteroatoms. The Bertz CT molecular complexity index is 210. The van der Waals surface area contributed by atoms with E-state index >= 15 is 0 Å². The molecule has 1 unspecified atom stereocenters. The van der Waals surface area contributed by atoms with Gasteiger partial charge in [0.1, 0.15) is 0 Å². The molecule has 0 N–H and O–H groups in total. The van der Waals surface area contributed by atoms with Crippen molar-refractivity contribution in [3.63, 3.8) is 0 Å². The fourth-order valence-electron chi connectivity index (χ4n) is 1.98. The molecule has 0 bridgehead atoms. The molecule has 0 saturated carbocycles. The second-order valence-electron chi connectivity index (χ2n) is 5.69. The van der Waals surface area contributed by atoms with Crippen LogP contribution in [-0.4, -0.2) is 13.9 Å². The summed E-state index contributed by atoms with van der Waals surface area (Å²) in [5.41, 5.74) is 0.0569. The van der Waals surface area contributed by atoms with Crippen molar-refractivity contribution < 1.29 is 4.43 Å². The van der Waals surface area contributed by atoms with Gasteiger partial charge in [0.05, 0.1) is 5.60 Å². The van der Waals surface area contributed by atoms with Crippen LogP contribution >= 0.6 is 22.6 Å². The molecule has 0 aliphatic carbocycles. The van der Waals surface area contributed by atoms with Gasteiger partial charge in [0.15, 0.2) is 8.32 Å². The van der Waals surface area contributed by atoms with Gasteiger partial charge >= 0.3 is 0 Å². The molecule has 0 aromatic carbocycles. The maximum atomic E-state index is 6.36. The van der Waals surface area contributed by atoms with E-state index in [1.54, 1.807) is 0 Å². The molecule has 0 fully saturated rings. The summed E-state index contributed by atoms with van der Waals surface area (Å²) in [6.45, 7) is 11.4. The summed E-state index contributed by atoms with van der Waals surface area (Å²) in [5.74, 6) is 0. The molecule has 16 heavy (non-hydrogen) atoms. The highest BCUT2D eigenvalue weighted by atomic mass is 127. The fourth-order valence-corrected chi connectivity index (χ4v) is 3.89. The Kier molecular flexibility index (Phi) is 8.19. The minimum absolute atomic E-state index is 0.0569. The Morgan fingerprint density at radius 1 is 1.25 bits per heavy atom. The van der Waals surface area contributed by atoms with Crippen molar-refractivity contribution in [2.45, 2.75) is 71.2 Å². The van der Waals surface area contributed by atoms with Crippen molar-refractivity contribution in [3.8, 4) is 0 Å². The third-order valence-electron chi connectivity index (χ3n) is 2.50. The molecule has 0 amide bonds. The van der Waals surface area contributed by atoms with Crippen LogP contribution in [0.5, 0.6) is 0 Å². The van der Waals surface area contributed by atoms with E-state index in [-0.39, 0.29) is 5.60 Å². The predicted octanol–water partition coefficient (Wildman–Crippen LogP) is 5.52. The van der Waals surface area contributed by atoms with E-state index < -0.39 is 8.32 Å². The summed E-state index contributed by atoms with van der Waals surface area (Å²) in [6.07, 6.45) is 8.35. The molecular weight excluding hydrogens is 327 g/mol. The van der Waals surface area contributed by atoms with Gasteiger partial charge in [0.2, 0.25) is 0 Å². The maximum absolute atomic E-state index is 6.36. The molecule has 0 aliphatic rings. The normalized spacial score (nSPS) is 16.6. The lowest BCUT2D eigenvalue weighted by Gasteiger charge is -2.36. The monoisotopic (exact) mass is 354 g/mol. The summed E-state index contributed by atoms with van der Waals surface area (Å²) in [6, 6.07) is 0. The topological polar surface area (TPSA) is 9.23 Å². The summed E-state index contributed by atoms with van der Waals surface area (Å²) in [4.78, 5) is 0. The van der Waals surface area contributed by atoms with E-state index in [0.29, 0.717) is 0 Å². The van der Waals surface area contributed by atoms with E-state index in [1.807, 2.05) is 0 Å². The zero-order chi connectivity index (χ0) is 12.7. The van der Waals surface area contributed by atoms with Gasteiger partial charge in [0, 0.05) is 0 Å². The maximum Gasteiger partial charge on any atom is 0.184 e. The lowest BCUT2D eigenvalue weighted by Crippen LogP contribution is -2.40. The summed E-state index contributed by atoms with van der Waals surface area (Å²) in [5, 5.41) is 0. The van der Waals surface area contributed by atoms with Crippen molar-refractivity contribution in [2.75, 3.05) is 0 Å². The number of rotatable bonds is 8. The molecule has 0 aliphatic heterocycles. The highest BCUT2D eigenvalue weighted by molar-refractivity contribution is 14.1. The highest BCUT2D eigenvalue weighted by Gasteiger charge is 2.29. The van der Waals surface area contributed by atoms with Crippen LogP contribution in [0.25, 0.3) is 0 Å². The zero-order valence-corrected chi connectivity index (χ0v) is 14.6. The van der Waals surface area contributed by atoms with Crippen LogP contribution in [0, 0.1) is 0 Å². The first-order valence-electron chi connectivity index (χ1n) is 6.28.